The summed E-state index contributed by atoms with van der Waals surface area (Å²) in [6.07, 6.45) is -3.12. The number of carbonyl (C=O) groups is 1. The molecule has 3 aromatic carbocycles. The zero-order chi connectivity index (χ0) is 24.6. The first-order chi connectivity index (χ1) is 16.3. The van der Waals surface area contributed by atoms with Crippen molar-refractivity contribution in [2.45, 2.75) is 31.9 Å². The van der Waals surface area contributed by atoms with Crippen LogP contribution in [0.25, 0.3) is 0 Å². The van der Waals surface area contributed by atoms with Crippen LogP contribution in [0, 0.1) is 11.8 Å². The first-order valence-corrected chi connectivity index (χ1v) is 10.7. The SMILES string of the molecule is CCCC(C(=O)O)c1cccc(Oc2ccccc2OCC#Cc2ccc(C(F)(F)F)cc2)c1. The molecule has 0 spiro atoms. The number of benzene rings is 3. The summed E-state index contributed by atoms with van der Waals surface area (Å²) in [7, 11) is 0. The maximum Gasteiger partial charge on any atom is 0.416 e. The lowest BCUT2D eigenvalue weighted by atomic mass is 9.94. The molecule has 0 bridgehead atoms. The van der Waals surface area contributed by atoms with Crippen LogP contribution in [0.2, 0.25) is 0 Å². The number of aliphatic carboxylic acids is 1. The van der Waals surface area contributed by atoms with E-state index in [0.29, 0.717) is 34.8 Å². The summed E-state index contributed by atoms with van der Waals surface area (Å²) < 4.78 is 49.6. The highest BCUT2D eigenvalue weighted by molar-refractivity contribution is 5.76. The van der Waals surface area contributed by atoms with Crippen LogP contribution in [0.3, 0.4) is 0 Å². The van der Waals surface area contributed by atoms with Crippen molar-refractivity contribution in [3.8, 4) is 29.1 Å². The summed E-state index contributed by atoms with van der Waals surface area (Å²) in [6.45, 7) is 1.93. The smallest absolute Gasteiger partial charge is 0.416 e. The lowest BCUT2D eigenvalue weighted by molar-refractivity contribution is -0.139. The number of rotatable bonds is 8. The van der Waals surface area contributed by atoms with Crippen molar-refractivity contribution >= 4 is 5.97 Å². The normalized spacial score (nSPS) is 11.8. The van der Waals surface area contributed by atoms with Crippen molar-refractivity contribution in [1.82, 2.24) is 0 Å². The van der Waals surface area contributed by atoms with Gasteiger partial charge in [-0.2, -0.15) is 13.2 Å². The average Bonchev–Trinajstić information content (AvgIpc) is 2.81. The van der Waals surface area contributed by atoms with Crippen LogP contribution in [0.1, 0.15) is 42.4 Å². The highest BCUT2D eigenvalue weighted by atomic mass is 19.4. The van der Waals surface area contributed by atoms with Crippen LogP contribution in [-0.4, -0.2) is 17.7 Å². The fraction of sp³-hybridized carbons (Fsp3) is 0.222. The van der Waals surface area contributed by atoms with Gasteiger partial charge in [-0.25, -0.2) is 0 Å². The van der Waals surface area contributed by atoms with Gasteiger partial charge < -0.3 is 14.6 Å². The molecular weight excluding hydrogens is 445 g/mol. The van der Waals surface area contributed by atoms with Gasteiger partial charge in [0.25, 0.3) is 0 Å². The maximum absolute atomic E-state index is 12.6. The lowest BCUT2D eigenvalue weighted by Crippen LogP contribution is -2.11. The van der Waals surface area contributed by atoms with Crippen LogP contribution >= 0.6 is 0 Å². The molecule has 3 rings (SSSR count). The number of halogens is 3. The summed E-state index contributed by atoms with van der Waals surface area (Å²) in [5.74, 6) is 5.39. The van der Waals surface area contributed by atoms with E-state index in [1.54, 1.807) is 48.5 Å². The van der Waals surface area contributed by atoms with Crippen molar-refractivity contribution in [1.29, 1.82) is 0 Å². The van der Waals surface area contributed by atoms with E-state index in [9.17, 15) is 23.1 Å². The van der Waals surface area contributed by atoms with Gasteiger partial charge in [-0.05, 0) is 60.5 Å². The Hall–Kier alpha value is -3.92. The Morgan fingerprint density at radius 2 is 1.71 bits per heavy atom. The molecule has 7 heteroatoms. The predicted octanol–water partition coefficient (Wildman–Crippen LogP) is 6.90. The molecule has 4 nitrogen and oxygen atoms in total. The molecule has 1 atom stereocenters. The molecule has 0 saturated carbocycles. The van der Waals surface area contributed by atoms with E-state index >= 15 is 0 Å². The molecule has 34 heavy (non-hydrogen) atoms. The van der Waals surface area contributed by atoms with Gasteiger partial charge in [0.2, 0.25) is 0 Å². The number of hydrogen-bond acceptors (Lipinski definition) is 3. The van der Waals surface area contributed by atoms with Gasteiger partial charge >= 0.3 is 12.1 Å². The largest absolute Gasteiger partial charge is 0.481 e. The number of hydrogen-bond donors (Lipinski definition) is 1. The second-order valence-corrected chi connectivity index (χ2v) is 7.47. The van der Waals surface area contributed by atoms with Crippen LogP contribution in [0.15, 0.2) is 72.8 Å². The highest BCUT2D eigenvalue weighted by Crippen LogP contribution is 2.33. The first-order valence-electron chi connectivity index (χ1n) is 10.7. The molecule has 0 fully saturated rings. The fourth-order valence-corrected chi connectivity index (χ4v) is 3.29. The summed E-state index contributed by atoms with van der Waals surface area (Å²) >= 11 is 0. The minimum atomic E-state index is -4.39. The zero-order valence-corrected chi connectivity index (χ0v) is 18.4. The summed E-state index contributed by atoms with van der Waals surface area (Å²) in [5, 5.41) is 9.51. The van der Waals surface area contributed by atoms with Crippen LogP contribution in [-0.2, 0) is 11.0 Å². The van der Waals surface area contributed by atoms with E-state index in [2.05, 4.69) is 11.8 Å². The Bertz CT molecular complexity index is 1170. The standard InChI is InChI=1S/C27H23F3O4/c1-2-7-23(26(31)32)20-9-5-10-22(18-20)34-25-12-4-3-11-24(25)33-17-6-8-19-13-15-21(16-14-19)27(28,29)30/h3-5,9-16,18,23H,2,7,17H2,1H3,(H,31,32). The quantitative estimate of drug-likeness (QED) is 0.366. The molecule has 0 aliphatic carbocycles. The van der Waals surface area contributed by atoms with Crippen LogP contribution in [0.5, 0.6) is 17.2 Å². The first kappa shape index (κ1) is 24.7. The molecule has 1 N–H and O–H groups in total. The van der Waals surface area contributed by atoms with E-state index in [1.807, 2.05) is 6.92 Å². The average molecular weight is 468 g/mol. The second kappa shape index (κ2) is 11.3. The van der Waals surface area contributed by atoms with Crippen molar-refractivity contribution in [2.75, 3.05) is 6.61 Å². The summed E-state index contributed by atoms with van der Waals surface area (Å²) in [4.78, 5) is 11.6. The number of ether oxygens (including phenoxy) is 2. The third kappa shape index (κ3) is 6.79. The number of carboxylic acid groups (broad SMARTS) is 1. The Morgan fingerprint density at radius 3 is 2.35 bits per heavy atom. The summed E-state index contributed by atoms with van der Waals surface area (Å²) in [6, 6.07) is 18.5. The van der Waals surface area contributed by atoms with Gasteiger partial charge in [0, 0.05) is 5.56 Å². The van der Waals surface area contributed by atoms with E-state index in [4.69, 9.17) is 9.47 Å². The Kier molecular flexibility index (Phi) is 8.20. The van der Waals surface area contributed by atoms with Gasteiger partial charge in [0.05, 0.1) is 11.5 Å². The topological polar surface area (TPSA) is 55.8 Å². The number of alkyl halides is 3. The van der Waals surface area contributed by atoms with Gasteiger partial charge in [-0.1, -0.05) is 49.5 Å². The molecule has 176 valence electrons. The molecule has 0 heterocycles. The Balaban J connectivity index is 1.68. The van der Waals surface area contributed by atoms with Crippen molar-refractivity contribution < 1.29 is 32.5 Å². The summed E-state index contributed by atoms with van der Waals surface area (Å²) in [5.41, 5.74) is 0.375. The van der Waals surface area contributed by atoms with Gasteiger partial charge in [0.1, 0.15) is 12.4 Å². The molecule has 0 aliphatic heterocycles. The zero-order valence-electron chi connectivity index (χ0n) is 18.4. The third-order valence-corrected chi connectivity index (χ3v) is 4.96. The minimum Gasteiger partial charge on any atom is -0.481 e. The molecule has 0 radical (unpaired) electrons. The molecular formula is C27H23F3O4. The molecule has 0 aliphatic rings. The van der Waals surface area contributed by atoms with Crippen molar-refractivity contribution in [3.05, 3.63) is 89.5 Å². The maximum atomic E-state index is 12.6. The predicted molar refractivity (Wildman–Crippen MR) is 122 cm³/mol. The van der Waals surface area contributed by atoms with Gasteiger partial charge in [-0.15, -0.1) is 0 Å². The Labute approximate surface area is 196 Å². The monoisotopic (exact) mass is 468 g/mol. The second-order valence-electron chi connectivity index (χ2n) is 7.47. The van der Waals surface area contributed by atoms with Crippen molar-refractivity contribution in [2.24, 2.45) is 0 Å². The highest BCUT2D eigenvalue weighted by Gasteiger charge is 2.29. The van der Waals surface area contributed by atoms with E-state index in [0.717, 1.165) is 18.6 Å². The number of para-hydroxylation sites is 2. The fourth-order valence-electron chi connectivity index (χ4n) is 3.29. The van der Waals surface area contributed by atoms with Crippen LogP contribution < -0.4 is 9.47 Å². The van der Waals surface area contributed by atoms with Crippen LogP contribution in [0.4, 0.5) is 13.2 Å². The van der Waals surface area contributed by atoms with Gasteiger partial charge in [-0.3, -0.25) is 4.79 Å². The van der Waals surface area contributed by atoms with E-state index < -0.39 is 23.6 Å². The molecule has 1 unspecified atom stereocenters. The van der Waals surface area contributed by atoms with E-state index in [-0.39, 0.29) is 6.61 Å². The minimum absolute atomic E-state index is 0.000969. The molecule has 0 aromatic heterocycles. The molecule has 0 saturated heterocycles. The molecule has 0 amide bonds. The number of carboxylic acids is 1. The Morgan fingerprint density at radius 1 is 1.00 bits per heavy atom. The lowest BCUT2D eigenvalue weighted by Gasteiger charge is -2.14. The molecule has 3 aromatic rings. The van der Waals surface area contributed by atoms with Gasteiger partial charge in [0.15, 0.2) is 11.5 Å². The third-order valence-electron chi connectivity index (χ3n) is 4.96. The van der Waals surface area contributed by atoms with Crippen molar-refractivity contribution in [3.63, 3.8) is 0 Å². The van der Waals surface area contributed by atoms with E-state index in [1.165, 1.54) is 12.1 Å².